The Morgan fingerprint density at radius 2 is 2.29 bits per heavy atom. The summed E-state index contributed by atoms with van der Waals surface area (Å²) in [5, 5.41) is 11.0. The van der Waals surface area contributed by atoms with E-state index in [9.17, 15) is 9.90 Å². The molecular formula is C16H16O5. The molecule has 3 aliphatic rings. The van der Waals surface area contributed by atoms with E-state index in [1.165, 1.54) is 6.08 Å². The highest BCUT2D eigenvalue weighted by Crippen LogP contribution is 2.50. The lowest BCUT2D eigenvalue weighted by atomic mass is 9.76. The van der Waals surface area contributed by atoms with Crippen molar-refractivity contribution in [2.45, 2.75) is 30.5 Å². The number of fused-ring (bicyclic) bond motifs is 5. The molecule has 2 heterocycles. The van der Waals surface area contributed by atoms with Gasteiger partial charge in [-0.05, 0) is 12.5 Å². The summed E-state index contributed by atoms with van der Waals surface area (Å²) in [5.41, 5.74) is -0.200. The molecule has 3 atom stereocenters. The van der Waals surface area contributed by atoms with Crippen LogP contribution in [-0.2, 0) is 9.53 Å². The second-order valence-electron chi connectivity index (χ2n) is 5.76. The predicted molar refractivity (Wildman–Crippen MR) is 73.4 cm³/mol. The normalized spacial score (nSPS) is 33.0. The van der Waals surface area contributed by atoms with Crippen molar-refractivity contribution < 1.29 is 24.1 Å². The van der Waals surface area contributed by atoms with Gasteiger partial charge in [-0.3, -0.25) is 4.79 Å². The summed E-state index contributed by atoms with van der Waals surface area (Å²) in [6.45, 7) is 0.408. The molecule has 1 aromatic rings. The van der Waals surface area contributed by atoms with Gasteiger partial charge in [0.05, 0.1) is 19.6 Å². The van der Waals surface area contributed by atoms with Crippen molar-refractivity contribution in [2.24, 2.45) is 0 Å². The SMILES string of the molecule is COc1ccc2c(c1)OC1C2COC2=CC(=O)CCC21O. The first-order chi connectivity index (χ1) is 10.1. The molecule has 1 aliphatic carbocycles. The van der Waals surface area contributed by atoms with Crippen LogP contribution in [0.5, 0.6) is 11.5 Å². The van der Waals surface area contributed by atoms with Crippen molar-refractivity contribution >= 4 is 5.78 Å². The molecule has 21 heavy (non-hydrogen) atoms. The Bertz CT molecular complexity index is 650. The van der Waals surface area contributed by atoms with E-state index in [-0.39, 0.29) is 11.7 Å². The third-order valence-electron chi connectivity index (χ3n) is 4.60. The summed E-state index contributed by atoms with van der Waals surface area (Å²) in [5.74, 6) is 1.75. The highest BCUT2D eigenvalue weighted by Gasteiger charge is 2.56. The van der Waals surface area contributed by atoms with Gasteiger partial charge in [-0.1, -0.05) is 6.07 Å². The quantitative estimate of drug-likeness (QED) is 0.849. The van der Waals surface area contributed by atoms with Gasteiger partial charge in [0, 0.05) is 24.1 Å². The molecule has 1 fully saturated rings. The number of rotatable bonds is 1. The lowest BCUT2D eigenvalue weighted by Gasteiger charge is -2.43. The Hall–Kier alpha value is -2.01. The molecular weight excluding hydrogens is 272 g/mol. The number of allylic oxidation sites excluding steroid dienone is 1. The highest BCUT2D eigenvalue weighted by molar-refractivity contribution is 5.91. The fourth-order valence-electron chi connectivity index (χ4n) is 3.45. The van der Waals surface area contributed by atoms with Crippen molar-refractivity contribution in [2.75, 3.05) is 13.7 Å². The molecule has 0 spiro atoms. The minimum atomic E-state index is -1.22. The molecule has 2 aliphatic heterocycles. The summed E-state index contributed by atoms with van der Waals surface area (Å²) >= 11 is 0. The molecule has 110 valence electrons. The van der Waals surface area contributed by atoms with Gasteiger partial charge < -0.3 is 19.3 Å². The third kappa shape index (κ3) is 1.70. The molecule has 1 aromatic carbocycles. The van der Waals surface area contributed by atoms with E-state index in [2.05, 4.69) is 0 Å². The first kappa shape index (κ1) is 12.7. The summed E-state index contributed by atoms with van der Waals surface area (Å²) < 4.78 is 16.9. The summed E-state index contributed by atoms with van der Waals surface area (Å²) in [6.07, 6.45) is 1.65. The molecule has 4 rings (SSSR count). The van der Waals surface area contributed by atoms with E-state index < -0.39 is 11.7 Å². The summed E-state index contributed by atoms with van der Waals surface area (Å²) in [7, 11) is 1.61. The van der Waals surface area contributed by atoms with Crippen LogP contribution >= 0.6 is 0 Å². The molecule has 0 saturated carbocycles. The number of ketones is 1. The maximum atomic E-state index is 11.5. The van der Waals surface area contributed by atoms with Crippen LogP contribution < -0.4 is 9.47 Å². The van der Waals surface area contributed by atoms with Crippen LogP contribution in [0.2, 0.25) is 0 Å². The van der Waals surface area contributed by atoms with Crippen LogP contribution in [0.15, 0.2) is 30.0 Å². The second-order valence-corrected chi connectivity index (χ2v) is 5.76. The molecule has 5 heteroatoms. The Labute approximate surface area is 122 Å². The predicted octanol–water partition coefficient (Wildman–Crippen LogP) is 1.55. The molecule has 0 radical (unpaired) electrons. The lowest BCUT2D eigenvalue weighted by molar-refractivity contribution is -0.132. The van der Waals surface area contributed by atoms with Crippen LogP contribution in [0.4, 0.5) is 0 Å². The van der Waals surface area contributed by atoms with E-state index >= 15 is 0 Å². The van der Waals surface area contributed by atoms with Crippen molar-refractivity contribution in [1.82, 2.24) is 0 Å². The zero-order valence-electron chi connectivity index (χ0n) is 11.7. The van der Waals surface area contributed by atoms with Gasteiger partial charge in [0.25, 0.3) is 0 Å². The van der Waals surface area contributed by atoms with Crippen LogP contribution in [0.25, 0.3) is 0 Å². The fourth-order valence-corrected chi connectivity index (χ4v) is 3.45. The van der Waals surface area contributed by atoms with Gasteiger partial charge in [-0.15, -0.1) is 0 Å². The molecule has 1 N–H and O–H groups in total. The van der Waals surface area contributed by atoms with Crippen LogP contribution in [-0.4, -0.2) is 36.3 Å². The number of aliphatic hydroxyl groups is 1. The summed E-state index contributed by atoms with van der Waals surface area (Å²) in [6, 6.07) is 5.66. The molecule has 0 bridgehead atoms. The minimum Gasteiger partial charge on any atom is -0.497 e. The first-order valence-corrected chi connectivity index (χ1v) is 7.06. The molecule has 5 nitrogen and oxygen atoms in total. The van der Waals surface area contributed by atoms with Crippen LogP contribution in [0.1, 0.15) is 24.3 Å². The third-order valence-corrected chi connectivity index (χ3v) is 4.60. The number of carbonyl (C=O) groups excluding carboxylic acids is 1. The molecule has 3 unspecified atom stereocenters. The zero-order valence-corrected chi connectivity index (χ0v) is 11.7. The Morgan fingerprint density at radius 3 is 3.10 bits per heavy atom. The van der Waals surface area contributed by atoms with Gasteiger partial charge in [-0.2, -0.15) is 0 Å². The van der Waals surface area contributed by atoms with E-state index in [1.54, 1.807) is 7.11 Å². The van der Waals surface area contributed by atoms with Gasteiger partial charge in [0.15, 0.2) is 11.4 Å². The van der Waals surface area contributed by atoms with Crippen LogP contribution in [0.3, 0.4) is 0 Å². The number of ether oxygens (including phenoxy) is 3. The maximum absolute atomic E-state index is 11.5. The number of hydrogen-bond acceptors (Lipinski definition) is 5. The van der Waals surface area contributed by atoms with Gasteiger partial charge in [0.1, 0.15) is 23.4 Å². The topological polar surface area (TPSA) is 65.0 Å². The lowest BCUT2D eigenvalue weighted by Crippen LogP contribution is -2.55. The maximum Gasteiger partial charge on any atom is 0.159 e. The number of methoxy groups -OCH3 is 1. The van der Waals surface area contributed by atoms with Crippen LogP contribution in [0, 0.1) is 0 Å². The van der Waals surface area contributed by atoms with Crippen molar-refractivity contribution in [3.05, 3.63) is 35.6 Å². The zero-order chi connectivity index (χ0) is 14.6. The number of hydrogen-bond donors (Lipinski definition) is 1. The second kappa shape index (κ2) is 4.24. The average Bonchev–Trinajstić information content (AvgIpc) is 2.87. The fraction of sp³-hybridized carbons (Fsp3) is 0.438. The van der Waals surface area contributed by atoms with E-state index in [4.69, 9.17) is 14.2 Å². The number of benzene rings is 1. The first-order valence-electron chi connectivity index (χ1n) is 7.06. The Balaban J connectivity index is 1.75. The van der Waals surface area contributed by atoms with Gasteiger partial charge in [0.2, 0.25) is 0 Å². The minimum absolute atomic E-state index is 0.00898. The summed E-state index contributed by atoms with van der Waals surface area (Å²) in [4.78, 5) is 11.5. The largest absolute Gasteiger partial charge is 0.497 e. The molecule has 0 amide bonds. The molecule has 0 aromatic heterocycles. The standard InChI is InChI=1S/C16H16O5/c1-19-10-2-3-11-12-8-20-14-6-9(17)4-5-16(14,18)15(12)21-13(11)7-10/h2-3,6-7,12,15,18H,4-5,8H2,1H3. The van der Waals surface area contributed by atoms with Crippen molar-refractivity contribution in [3.8, 4) is 11.5 Å². The monoisotopic (exact) mass is 288 g/mol. The Kier molecular flexibility index (Phi) is 2.57. The molecule has 1 saturated heterocycles. The highest BCUT2D eigenvalue weighted by atomic mass is 16.5. The van der Waals surface area contributed by atoms with Gasteiger partial charge in [-0.25, -0.2) is 0 Å². The van der Waals surface area contributed by atoms with E-state index in [1.807, 2.05) is 18.2 Å². The Morgan fingerprint density at radius 1 is 1.43 bits per heavy atom. The number of carbonyl (C=O) groups is 1. The average molecular weight is 288 g/mol. The van der Waals surface area contributed by atoms with Gasteiger partial charge >= 0.3 is 0 Å². The van der Waals surface area contributed by atoms with E-state index in [0.29, 0.717) is 25.2 Å². The van der Waals surface area contributed by atoms with E-state index in [0.717, 1.165) is 17.1 Å². The van der Waals surface area contributed by atoms with Crippen molar-refractivity contribution in [1.29, 1.82) is 0 Å². The smallest absolute Gasteiger partial charge is 0.159 e. The van der Waals surface area contributed by atoms with Crippen molar-refractivity contribution in [3.63, 3.8) is 0 Å².